The molecule has 92 valence electrons. The van der Waals surface area contributed by atoms with Gasteiger partial charge in [0.25, 0.3) is 0 Å². The summed E-state index contributed by atoms with van der Waals surface area (Å²) in [7, 11) is 0. The van der Waals surface area contributed by atoms with Crippen molar-refractivity contribution in [2.45, 2.75) is 32.2 Å². The smallest absolute Gasteiger partial charge is 0.234 e. The van der Waals surface area contributed by atoms with Gasteiger partial charge in [0.2, 0.25) is 5.91 Å². The molecule has 0 unspecified atom stereocenters. The summed E-state index contributed by atoms with van der Waals surface area (Å²) in [6, 6.07) is 8.70. The summed E-state index contributed by atoms with van der Waals surface area (Å²) in [6.45, 7) is 3.43. The van der Waals surface area contributed by atoms with Crippen LogP contribution < -0.4 is 10.6 Å². The molecule has 3 nitrogen and oxygen atoms in total. The van der Waals surface area contributed by atoms with Gasteiger partial charge in [-0.25, -0.2) is 0 Å². The molecule has 0 atom stereocenters. The Balaban J connectivity index is 1.77. The lowest BCUT2D eigenvalue weighted by molar-refractivity contribution is -0.120. The number of hydrogen-bond donors (Lipinski definition) is 2. The Bertz CT molecular complexity index is 365. The van der Waals surface area contributed by atoms with E-state index in [1.165, 1.54) is 11.1 Å². The molecule has 17 heavy (non-hydrogen) atoms. The van der Waals surface area contributed by atoms with Crippen LogP contribution in [0.5, 0.6) is 0 Å². The Morgan fingerprint density at radius 1 is 1.29 bits per heavy atom. The Labute approximate surface area is 103 Å². The average Bonchev–Trinajstić information content (AvgIpc) is 2.71. The van der Waals surface area contributed by atoms with Crippen molar-refractivity contribution in [3.05, 3.63) is 35.4 Å². The predicted octanol–water partition coefficient (Wildman–Crippen LogP) is 1.27. The van der Waals surface area contributed by atoms with Crippen LogP contribution in [-0.2, 0) is 17.6 Å². The second-order valence-corrected chi connectivity index (χ2v) is 4.62. The topological polar surface area (TPSA) is 41.1 Å². The van der Waals surface area contributed by atoms with Gasteiger partial charge in [0.1, 0.15) is 0 Å². The number of carbonyl (C=O) groups is 1. The summed E-state index contributed by atoms with van der Waals surface area (Å²) < 4.78 is 0. The van der Waals surface area contributed by atoms with E-state index in [1.807, 2.05) is 0 Å². The summed E-state index contributed by atoms with van der Waals surface area (Å²) >= 11 is 0. The number of fused-ring (bicyclic) bond motifs is 1. The summed E-state index contributed by atoms with van der Waals surface area (Å²) in [6.07, 6.45) is 2.99. The molecule has 0 saturated heterocycles. The molecule has 0 fully saturated rings. The van der Waals surface area contributed by atoms with Gasteiger partial charge < -0.3 is 10.6 Å². The van der Waals surface area contributed by atoms with Gasteiger partial charge in [-0.1, -0.05) is 31.2 Å². The van der Waals surface area contributed by atoms with Gasteiger partial charge in [0.15, 0.2) is 0 Å². The first-order valence-corrected chi connectivity index (χ1v) is 6.36. The summed E-state index contributed by atoms with van der Waals surface area (Å²) in [5.74, 6) is 0.108. The van der Waals surface area contributed by atoms with Gasteiger partial charge in [0, 0.05) is 6.04 Å². The van der Waals surface area contributed by atoms with E-state index in [0.717, 1.165) is 25.8 Å². The Morgan fingerprint density at radius 2 is 1.94 bits per heavy atom. The standard InChI is InChI=1S/C14H20N2O/c1-2-7-15-10-14(17)16-13-8-11-5-3-4-6-12(11)9-13/h3-6,13,15H,2,7-10H2,1H3,(H,16,17). The van der Waals surface area contributed by atoms with Crippen molar-refractivity contribution in [3.8, 4) is 0 Å². The first-order chi connectivity index (χ1) is 8.29. The summed E-state index contributed by atoms with van der Waals surface area (Å²) in [4.78, 5) is 11.7. The zero-order valence-electron chi connectivity index (χ0n) is 10.3. The second-order valence-electron chi connectivity index (χ2n) is 4.62. The van der Waals surface area contributed by atoms with Crippen molar-refractivity contribution in [3.63, 3.8) is 0 Å². The van der Waals surface area contributed by atoms with Gasteiger partial charge in [-0.15, -0.1) is 0 Å². The SMILES string of the molecule is CCCNCC(=O)NC1Cc2ccccc2C1. The number of hydrogen-bond acceptors (Lipinski definition) is 2. The summed E-state index contributed by atoms with van der Waals surface area (Å²) in [5.41, 5.74) is 2.75. The first kappa shape index (κ1) is 12.1. The molecular formula is C14H20N2O. The van der Waals surface area contributed by atoms with Gasteiger partial charge in [0.05, 0.1) is 6.54 Å². The molecule has 1 aliphatic carbocycles. The number of carbonyl (C=O) groups excluding carboxylic acids is 1. The third kappa shape index (κ3) is 3.30. The van der Waals surface area contributed by atoms with Crippen molar-refractivity contribution in [1.29, 1.82) is 0 Å². The fourth-order valence-electron chi connectivity index (χ4n) is 2.32. The number of rotatable bonds is 5. The molecule has 0 aliphatic heterocycles. The first-order valence-electron chi connectivity index (χ1n) is 6.36. The lowest BCUT2D eigenvalue weighted by Gasteiger charge is -2.12. The fraction of sp³-hybridized carbons (Fsp3) is 0.500. The van der Waals surface area contributed by atoms with E-state index in [0.29, 0.717) is 6.54 Å². The van der Waals surface area contributed by atoms with Crippen molar-refractivity contribution >= 4 is 5.91 Å². The van der Waals surface area contributed by atoms with Gasteiger partial charge >= 0.3 is 0 Å². The molecule has 0 saturated carbocycles. The van der Waals surface area contributed by atoms with Crippen LogP contribution in [-0.4, -0.2) is 25.0 Å². The van der Waals surface area contributed by atoms with E-state index in [4.69, 9.17) is 0 Å². The maximum atomic E-state index is 11.7. The van der Waals surface area contributed by atoms with E-state index in [2.05, 4.69) is 41.8 Å². The molecule has 0 bridgehead atoms. The zero-order valence-corrected chi connectivity index (χ0v) is 10.3. The monoisotopic (exact) mass is 232 g/mol. The van der Waals surface area contributed by atoms with Gasteiger partial charge in [-0.3, -0.25) is 4.79 Å². The summed E-state index contributed by atoms with van der Waals surface area (Å²) in [5, 5.41) is 6.20. The minimum Gasteiger partial charge on any atom is -0.352 e. The predicted molar refractivity (Wildman–Crippen MR) is 68.9 cm³/mol. The van der Waals surface area contributed by atoms with E-state index in [9.17, 15) is 4.79 Å². The van der Waals surface area contributed by atoms with Gasteiger partial charge in [-0.05, 0) is 36.9 Å². The minimum absolute atomic E-state index is 0.108. The number of amides is 1. The fourth-order valence-corrected chi connectivity index (χ4v) is 2.32. The molecule has 1 aliphatic rings. The molecule has 1 aromatic rings. The Kier molecular flexibility index (Phi) is 4.15. The zero-order chi connectivity index (χ0) is 12.1. The van der Waals surface area contributed by atoms with Crippen molar-refractivity contribution in [1.82, 2.24) is 10.6 Å². The van der Waals surface area contributed by atoms with Crippen LogP contribution in [0, 0.1) is 0 Å². The molecular weight excluding hydrogens is 212 g/mol. The van der Waals surface area contributed by atoms with Crippen LogP contribution in [0.25, 0.3) is 0 Å². The van der Waals surface area contributed by atoms with Gasteiger partial charge in [-0.2, -0.15) is 0 Å². The highest BCUT2D eigenvalue weighted by atomic mass is 16.1. The number of benzene rings is 1. The largest absolute Gasteiger partial charge is 0.352 e. The van der Waals surface area contributed by atoms with Crippen molar-refractivity contribution in [2.75, 3.05) is 13.1 Å². The normalized spacial score (nSPS) is 14.6. The highest BCUT2D eigenvalue weighted by Crippen LogP contribution is 2.21. The van der Waals surface area contributed by atoms with E-state index < -0.39 is 0 Å². The third-order valence-corrected chi connectivity index (χ3v) is 3.13. The maximum absolute atomic E-state index is 11.7. The minimum atomic E-state index is 0.108. The molecule has 0 radical (unpaired) electrons. The second kappa shape index (κ2) is 5.82. The average molecular weight is 232 g/mol. The van der Waals surface area contributed by atoms with Crippen LogP contribution in [0.3, 0.4) is 0 Å². The highest BCUT2D eigenvalue weighted by Gasteiger charge is 2.21. The molecule has 0 aromatic heterocycles. The van der Waals surface area contributed by atoms with Crippen LogP contribution >= 0.6 is 0 Å². The number of nitrogens with one attached hydrogen (secondary N) is 2. The molecule has 0 spiro atoms. The molecule has 3 heteroatoms. The highest BCUT2D eigenvalue weighted by molar-refractivity contribution is 5.78. The third-order valence-electron chi connectivity index (χ3n) is 3.13. The lowest BCUT2D eigenvalue weighted by Crippen LogP contribution is -2.41. The van der Waals surface area contributed by atoms with E-state index in [1.54, 1.807) is 0 Å². The molecule has 1 amide bonds. The molecule has 1 aromatic carbocycles. The quantitative estimate of drug-likeness (QED) is 0.751. The molecule has 2 N–H and O–H groups in total. The lowest BCUT2D eigenvalue weighted by atomic mass is 10.1. The van der Waals surface area contributed by atoms with Crippen LogP contribution in [0.1, 0.15) is 24.5 Å². The molecule has 0 heterocycles. The van der Waals surface area contributed by atoms with Crippen LogP contribution in [0.4, 0.5) is 0 Å². The van der Waals surface area contributed by atoms with Crippen LogP contribution in [0.15, 0.2) is 24.3 Å². The van der Waals surface area contributed by atoms with Crippen molar-refractivity contribution < 1.29 is 4.79 Å². The van der Waals surface area contributed by atoms with E-state index >= 15 is 0 Å². The van der Waals surface area contributed by atoms with E-state index in [-0.39, 0.29) is 11.9 Å². The Morgan fingerprint density at radius 3 is 2.53 bits per heavy atom. The Hall–Kier alpha value is -1.35. The maximum Gasteiger partial charge on any atom is 0.234 e. The van der Waals surface area contributed by atoms with Crippen molar-refractivity contribution in [2.24, 2.45) is 0 Å². The van der Waals surface area contributed by atoms with Crippen LogP contribution in [0.2, 0.25) is 0 Å². The molecule has 2 rings (SSSR count).